The average molecular weight is 209 g/mol. The molecule has 76 valence electrons. The van der Waals surface area contributed by atoms with Gasteiger partial charge in [-0.25, -0.2) is 0 Å². The summed E-state index contributed by atoms with van der Waals surface area (Å²) in [6, 6.07) is 0. The molecule has 0 N–H and O–H groups in total. The quantitative estimate of drug-likeness (QED) is 0.352. The van der Waals surface area contributed by atoms with Crippen molar-refractivity contribution in [3.05, 3.63) is 0 Å². The van der Waals surface area contributed by atoms with Gasteiger partial charge in [0.1, 0.15) is 12.9 Å². The predicted octanol–water partition coefficient (Wildman–Crippen LogP) is 0.762. The third-order valence-electron chi connectivity index (χ3n) is 1.27. The number of rotatable bonds is 7. The molecule has 0 aliphatic rings. The van der Waals surface area contributed by atoms with Crippen LogP contribution in [0.25, 0.3) is 0 Å². The number of halogens is 1. The van der Waals surface area contributed by atoms with E-state index in [0.717, 1.165) is 0 Å². The van der Waals surface area contributed by atoms with E-state index in [1.807, 2.05) is 0 Å². The summed E-state index contributed by atoms with van der Waals surface area (Å²) >= 11 is 5.50. The lowest BCUT2D eigenvalue weighted by Crippen LogP contribution is -2.21. The van der Waals surface area contributed by atoms with E-state index in [-0.39, 0.29) is 24.9 Å². The number of hydrogen-bond acceptors (Lipinski definition) is 4. The van der Waals surface area contributed by atoms with Gasteiger partial charge in [0.05, 0.1) is 19.1 Å². The molecule has 5 heteroatoms. The first-order valence-corrected chi connectivity index (χ1v) is 4.54. The Kier molecular flexibility index (Phi) is 7.63. The van der Waals surface area contributed by atoms with Gasteiger partial charge in [-0.05, 0) is 6.92 Å². The smallest absolute Gasteiger partial charge is 0.308 e. The zero-order chi connectivity index (χ0) is 10.1. The summed E-state index contributed by atoms with van der Waals surface area (Å²) in [6.45, 7) is 2.01. The predicted molar refractivity (Wildman–Crippen MR) is 47.8 cm³/mol. The van der Waals surface area contributed by atoms with Crippen molar-refractivity contribution in [2.75, 3.05) is 19.1 Å². The maximum atomic E-state index is 10.9. The van der Waals surface area contributed by atoms with Crippen LogP contribution >= 0.6 is 11.6 Å². The molecule has 0 spiro atoms. The normalized spacial score (nSPS) is 12.2. The van der Waals surface area contributed by atoms with E-state index in [4.69, 9.17) is 16.3 Å². The van der Waals surface area contributed by atoms with Crippen LogP contribution in [0.4, 0.5) is 0 Å². The molecule has 0 fully saturated rings. The summed E-state index contributed by atoms with van der Waals surface area (Å²) in [6.07, 6.45) is 0.265. The van der Waals surface area contributed by atoms with Crippen molar-refractivity contribution in [3.8, 4) is 0 Å². The fraction of sp³-hybridized carbons (Fsp3) is 0.750. The standard InChI is InChI=1S/C8H13ClO4/c1-2-12-8(11)5-7(6-9)13-4-3-10/h3,7H,2,4-6H2,1H3. The minimum Gasteiger partial charge on any atom is -0.466 e. The molecular weight excluding hydrogens is 196 g/mol. The van der Waals surface area contributed by atoms with Gasteiger partial charge in [0, 0.05) is 5.88 Å². The van der Waals surface area contributed by atoms with E-state index >= 15 is 0 Å². The Balaban J connectivity index is 3.68. The molecule has 0 bridgehead atoms. The monoisotopic (exact) mass is 208 g/mol. The summed E-state index contributed by atoms with van der Waals surface area (Å²) in [4.78, 5) is 20.9. The van der Waals surface area contributed by atoms with Crippen molar-refractivity contribution in [1.82, 2.24) is 0 Å². The van der Waals surface area contributed by atoms with Crippen molar-refractivity contribution in [3.63, 3.8) is 0 Å². The molecule has 0 saturated carbocycles. The highest BCUT2D eigenvalue weighted by Crippen LogP contribution is 2.02. The molecule has 0 amide bonds. The van der Waals surface area contributed by atoms with Crippen LogP contribution in [0.3, 0.4) is 0 Å². The summed E-state index contributed by atoms with van der Waals surface area (Å²) < 4.78 is 9.64. The van der Waals surface area contributed by atoms with Gasteiger partial charge in [-0.3, -0.25) is 4.79 Å². The Morgan fingerprint density at radius 2 is 2.31 bits per heavy atom. The van der Waals surface area contributed by atoms with Crippen molar-refractivity contribution in [2.24, 2.45) is 0 Å². The minimum atomic E-state index is -0.439. The highest BCUT2D eigenvalue weighted by molar-refractivity contribution is 6.18. The molecule has 1 unspecified atom stereocenters. The van der Waals surface area contributed by atoms with E-state index in [1.165, 1.54) is 0 Å². The van der Waals surface area contributed by atoms with Gasteiger partial charge in [0.25, 0.3) is 0 Å². The second kappa shape index (κ2) is 8.01. The second-order valence-electron chi connectivity index (χ2n) is 2.29. The molecule has 0 saturated heterocycles. The van der Waals surface area contributed by atoms with Gasteiger partial charge >= 0.3 is 5.97 Å². The maximum Gasteiger partial charge on any atom is 0.308 e. The fourth-order valence-corrected chi connectivity index (χ4v) is 0.937. The molecule has 0 heterocycles. The third-order valence-corrected chi connectivity index (χ3v) is 1.62. The van der Waals surface area contributed by atoms with E-state index in [0.29, 0.717) is 12.9 Å². The van der Waals surface area contributed by atoms with E-state index in [2.05, 4.69) is 4.74 Å². The van der Waals surface area contributed by atoms with Crippen LogP contribution in [-0.2, 0) is 19.1 Å². The fourth-order valence-electron chi connectivity index (χ4n) is 0.739. The number of carbonyl (C=O) groups is 2. The number of aldehydes is 1. The Morgan fingerprint density at radius 1 is 1.62 bits per heavy atom. The summed E-state index contributed by atoms with van der Waals surface area (Å²) in [5, 5.41) is 0. The summed E-state index contributed by atoms with van der Waals surface area (Å²) in [5.74, 6) is -0.189. The molecular formula is C8H13ClO4. The number of esters is 1. The highest BCUT2D eigenvalue weighted by atomic mass is 35.5. The first kappa shape index (κ1) is 12.4. The SMILES string of the molecule is CCOC(=O)CC(CCl)OCC=O. The van der Waals surface area contributed by atoms with Crippen LogP contribution in [0.15, 0.2) is 0 Å². The summed E-state index contributed by atoms with van der Waals surface area (Å²) in [7, 11) is 0. The second-order valence-corrected chi connectivity index (χ2v) is 2.59. The van der Waals surface area contributed by atoms with Crippen molar-refractivity contribution in [2.45, 2.75) is 19.4 Å². The minimum absolute atomic E-state index is 0.0448. The highest BCUT2D eigenvalue weighted by Gasteiger charge is 2.13. The van der Waals surface area contributed by atoms with Gasteiger partial charge < -0.3 is 14.3 Å². The lowest BCUT2D eigenvalue weighted by Gasteiger charge is -2.11. The Morgan fingerprint density at radius 3 is 2.77 bits per heavy atom. The largest absolute Gasteiger partial charge is 0.466 e. The van der Waals surface area contributed by atoms with E-state index in [9.17, 15) is 9.59 Å². The molecule has 0 radical (unpaired) electrons. The van der Waals surface area contributed by atoms with Crippen molar-refractivity contribution < 1.29 is 19.1 Å². The van der Waals surface area contributed by atoms with Crippen LogP contribution < -0.4 is 0 Å². The van der Waals surface area contributed by atoms with Crippen LogP contribution in [0.2, 0.25) is 0 Å². The molecule has 0 aliphatic heterocycles. The van der Waals surface area contributed by atoms with E-state index < -0.39 is 6.10 Å². The Labute approximate surface area is 82.1 Å². The molecule has 4 nitrogen and oxygen atoms in total. The van der Waals surface area contributed by atoms with E-state index in [1.54, 1.807) is 6.92 Å². The molecule has 1 atom stereocenters. The lowest BCUT2D eigenvalue weighted by molar-refractivity contribution is -0.146. The van der Waals surface area contributed by atoms with Gasteiger partial charge in [-0.1, -0.05) is 0 Å². The Hall–Kier alpha value is -0.610. The first-order valence-electron chi connectivity index (χ1n) is 4.01. The lowest BCUT2D eigenvalue weighted by atomic mass is 10.3. The number of carbonyl (C=O) groups excluding carboxylic acids is 2. The molecule has 13 heavy (non-hydrogen) atoms. The molecule has 0 aromatic rings. The zero-order valence-corrected chi connectivity index (χ0v) is 8.25. The Bertz CT molecular complexity index is 160. The zero-order valence-electron chi connectivity index (χ0n) is 7.49. The van der Waals surface area contributed by atoms with Gasteiger partial charge in [0.2, 0.25) is 0 Å². The number of ether oxygens (including phenoxy) is 2. The first-order chi connectivity index (χ1) is 6.24. The van der Waals surface area contributed by atoms with Crippen molar-refractivity contribution >= 4 is 23.9 Å². The molecule has 0 rings (SSSR count). The van der Waals surface area contributed by atoms with Crippen molar-refractivity contribution in [1.29, 1.82) is 0 Å². The van der Waals surface area contributed by atoms with Crippen LogP contribution in [0, 0.1) is 0 Å². The average Bonchev–Trinajstić information content (AvgIpc) is 2.12. The maximum absolute atomic E-state index is 10.9. The topological polar surface area (TPSA) is 52.6 Å². The van der Waals surface area contributed by atoms with Crippen LogP contribution in [0.5, 0.6) is 0 Å². The van der Waals surface area contributed by atoms with Gasteiger partial charge in [-0.15, -0.1) is 11.6 Å². The number of alkyl halides is 1. The number of hydrogen-bond donors (Lipinski definition) is 0. The van der Waals surface area contributed by atoms with Crippen LogP contribution in [-0.4, -0.2) is 37.5 Å². The van der Waals surface area contributed by atoms with Crippen LogP contribution in [0.1, 0.15) is 13.3 Å². The molecule has 0 aromatic carbocycles. The third kappa shape index (κ3) is 6.54. The molecule has 0 aromatic heterocycles. The van der Waals surface area contributed by atoms with Gasteiger partial charge in [-0.2, -0.15) is 0 Å². The molecule has 0 aliphatic carbocycles. The van der Waals surface area contributed by atoms with Gasteiger partial charge in [0.15, 0.2) is 0 Å². The summed E-state index contributed by atoms with van der Waals surface area (Å²) in [5.41, 5.74) is 0.